The summed E-state index contributed by atoms with van der Waals surface area (Å²) < 4.78 is 0.863. The van der Waals surface area contributed by atoms with Gasteiger partial charge in [0.15, 0.2) is 0 Å². The van der Waals surface area contributed by atoms with Crippen LogP contribution in [0.5, 0.6) is 5.75 Å². The zero-order chi connectivity index (χ0) is 10.1. The molecule has 2 N–H and O–H groups in total. The molecule has 0 aliphatic rings. The molecule has 14 heavy (non-hydrogen) atoms. The number of aromatic hydroxyl groups is 1. The Balaban J connectivity index is 2.91. The maximum atomic E-state index is 9.51. The van der Waals surface area contributed by atoms with Gasteiger partial charge in [-0.05, 0) is 22.9 Å². The molecule has 0 saturated carbocycles. The third-order valence-electron chi connectivity index (χ3n) is 2.09. The van der Waals surface area contributed by atoms with E-state index in [9.17, 15) is 5.11 Å². The number of hydrogen-bond donors (Lipinski definition) is 2. The molecule has 0 aliphatic heterocycles. The quantitative estimate of drug-likeness (QED) is 0.748. The molecule has 1 aromatic heterocycles. The van der Waals surface area contributed by atoms with Crippen molar-refractivity contribution in [2.24, 2.45) is 0 Å². The van der Waals surface area contributed by atoms with Crippen LogP contribution in [0.1, 0.15) is 11.1 Å². The van der Waals surface area contributed by atoms with Gasteiger partial charge < -0.3 is 10.2 Å². The Labute approximate surface area is 84.5 Å². The second-order valence-electron chi connectivity index (χ2n) is 2.86. The Kier molecular flexibility index (Phi) is 2.12. The second kappa shape index (κ2) is 3.29. The molecule has 2 rings (SSSR count). The van der Waals surface area contributed by atoms with Crippen molar-refractivity contribution in [3.63, 3.8) is 0 Å². The lowest BCUT2D eigenvalue weighted by molar-refractivity contribution is 0.282. The van der Waals surface area contributed by atoms with Gasteiger partial charge in [-0.15, -0.1) is 11.3 Å². The van der Waals surface area contributed by atoms with Gasteiger partial charge in [0.05, 0.1) is 6.61 Å². The molecule has 0 bridgehead atoms. The van der Waals surface area contributed by atoms with Crippen molar-refractivity contribution in [3.05, 3.63) is 28.6 Å². The number of phenolic OH excluding ortho intramolecular Hbond substituents is 1. The van der Waals surface area contributed by atoms with E-state index in [2.05, 4.69) is 0 Å². The largest absolute Gasteiger partial charge is 0.507 e. The molecule has 0 aliphatic carbocycles. The van der Waals surface area contributed by atoms with Crippen LogP contribution in [0.2, 0.25) is 0 Å². The molecule has 0 radical (unpaired) electrons. The Morgan fingerprint density at radius 1 is 1.50 bits per heavy atom. The molecule has 3 nitrogen and oxygen atoms in total. The summed E-state index contributed by atoms with van der Waals surface area (Å²) in [5.74, 6) is -0.0672. The van der Waals surface area contributed by atoms with Gasteiger partial charge in [-0.25, -0.2) is 0 Å². The van der Waals surface area contributed by atoms with Gasteiger partial charge in [0.1, 0.15) is 17.4 Å². The van der Waals surface area contributed by atoms with Crippen molar-refractivity contribution >= 4 is 21.4 Å². The third kappa shape index (κ3) is 1.15. The average molecular weight is 205 g/mol. The summed E-state index contributed by atoms with van der Waals surface area (Å²) in [4.78, 5) is 0. The van der Waals surface area contributed by atoms with Crippen LogP contribution in [0, 0.1) is 11.3 Å². The van der Waals surface area contributed by atoms with Gasteiger partial charge in [-0.2, -0.15) is 5.26 Å². The minimum Gasteiger partial charge on any atom is -0.507 e. The minimum atomic E-state index is -0.228. The zero-order valence-corrected chi connectivity index (χ0v) is 8.01. The first kappa shape index (κ1) is 9.00. The van der Waals surface area contributed by atoms with Gasteiger partial charge in [-0.3, -0.25) is 0 Å². The van der Waals surface area contributed by atoms with Crippen LogP contribution >= 0.6 is 11.3 Å². The molecular weight excluding hydrogens is 198 g/mol. The molecule has 1 heterocycles. The Morgan fingerprint density at radius 3 is 2.93 bits per heavy atom. The SMILES string of the molecule is N#Cc1c(O)cc2ccsc2c1CO. The third-order valence-corrected chi connectivity index (χ3v) is 3.08. The maximum Gasteiger partial charge on any atom is 0.134 e. The lowest BCUT2D eigenvalue weighted by Gasteiger charge is -2.03. The van der Waals surface area contributed by atoms with E-state index in [1.165, 1.54) is 11.3 Å². The summed E-state index contributed by atoms with van der Waals surface area (Å²) in [6, 6.07) is 5.29. The molecule has 0 amide bonds. The number of aliphatic hydroxyl groups excluding tert-OH is 1. The number of phenols is 1. The number of rotatable bonds is 1. The van der Waals surface area contributed by atoms with Gasteiger partial charge in [-0.1, -0.05) is 0 Å². The van der Waals surface area contributed by atoms with E-state index in [0.29, 0.717) is 5.56 Å². The summed E-state index contributed by atoms with van der Waals surface area (Å²) in [5, 5.41) is 30.2. The van der Waals surface area contributed by atoms with E-state index in [1.54, 1.807) is 6.07 Å². The molecule has 0 unspecified atom stereocenters. The van der Waals surface area contributed by atoms with Crippen molar-refractivity contribution in [2.45, 2.75) is 6.61 Å². The van der Waals surface area contributed by atoms with Crippen LogP contribution in [0.4, 0.5) is 0 Å². The smallest absolute Gasteiger partial charge is 0.134 e. The zero-order valence-electron chi connectivity index (χ0n) is 7.19. The summed E-state index contributed by atoms with van der Waals surface area (Å²) >= 11 is 1.45. The van der Waals surface area contributed by atoms with Crippen LogP contribution in [0.25, 0.3) is 10.1 Å². The molecule has 4 heteroatoms. The Bertz CT molecular complexity index is 525. The van der Waals surface area contributed by atoms with E-state index >= 15 is 0 Å². The number of aliphatic hydroxyl groups is 1. The number of thiophene rings is 1. The van der Waals surface area contributed by atoms with Crippen LogP contribution in [-0.2, 0) is 6.61 Å². The molecule has 0 spiro atoms. The van der Waals surface area contributed by atoms with Gasteiger partial charge in [0.2, 0.25) is 0 Å². The number of fused-ring (bicyclic) bond motifs is 1. The van der Waals surface area contributed by atoms with Crippen molar-refractivity contribution in [1.82, 2.24) is 0 Å². The van der Waals surface area contributed by atoms with Crippen molar-refractivity contribution in [3.8, 4) is 11.8 Å². The van der Waals surface area contributed by atoms with Gasteiger partial charge in [0.25, 0.3) is 0 Å². The molecule has 0 atom stereocenters. The topological polar surface area (TPSA) is 64.2 Å². The van der Waals surface area contributed by atoms with Crippen LogP contribution in [-0.4, -0.2) is 10.2 Å². The van der Waals surface area contributed by atoms with Gasteiger partial charge in [0, 0.05) is 10.3 Å². The van der Waals surface area contributed by atoms with Gasteiger partial charge >= 0.3 is 0 Å². The monoisotopic (exact) mass is 205 g/mol. The fraction of sp³-hybridized carbons (Fsp3) is 0.100. The summed E-state index contributed by atoms with van der Waals surface area (Å²) in [6.45, 7) is -0.228. The second-order valence-corrected chi connectivity index (χ2v) is 3.77. The summed E-state index contributed by atoms with van der Waals surface area (Å²) in [6.07, 6.45) is 0. The lowest BCUT2D eigenvalue weighted by Crippen LogP contribution is -1.90. The first-order valence-corrected chi connectivity index (χ1v) is 4.89. The van der Waals surface area contributed by atoms with Crippen LogP contribution in [0.3, 0.4) is 0 Å². The predicted octanol–water partition coefficient (Wildman–Crippen LogP) is 1.97. The molecule has 0 fully saturated rings. The molecular formula is C10H7NO2S. The van der Waals surface area contributed by atoms with E-state index < -0.39 is 0 Å². The molecule has 2 aromatic rings. The highest BCUT2D eigenvalue weighted by atomic mass is 32.1. The summed E-state index contributed by atoms with van der Waals surface area (Å²) in [7, 11) is 0. The first-order chi connectivity index (χ1) is 6.77. The number of nitriles is 1. The average Bonchev–Trinajstić information content (AvgIpc) is 2.62. The normalized spacial score (nSPS) is 10.3. The van der Waals surface area contributed by atoms with Crippen LogP contribution in [0.15, 0.2) is 17.5 Å². The van der Waals surface area contributed by atoms with Crippen molar-refractivity contribution in [2.75, 3.05) is 0 Å². The molecule has 70 valence electrons. The highest BCUT2D eigenvalue weighted by Crippen LogP contribution is 2.33. The number of nitrogens with zero attached hydrogens (tertiary/aromatic N) is 1. The Hall–Kier alpha value is -1.57. The minimum absolute atomic E-state index is 0.0672. The highest BCUT2D eigenvalue weighted by molar-refractivity contribution is 7.17. The van der Waals surface area contributed by atoms with E-state index in [-0.39, 0.29) is 17.9 Å². The number of hydrogen-bond acceptors (Lipinski definition) is 4. The standard InChI is InChI=1S/C10H7NO2S/c11-4-7-8(5-12)10-6(1-2-14-10)3-9(7)13/h1-3,12-13H,5H2. The lowest BCUT2D eigenvalue weighted by atomic mass is 10.1. The van der Waals surface area contributed by atoms with Crippen LogP contribution < -0.4 is 0 Å². The molecule has 1 aromatic carbocycles. The predicted molar refractivity (Wildman–Crippen MR) is 54.1 cm³/mol. The first-order valence-electron chi connectivity index (χ1n) is 4.01. The van der Waals surface area contributed by atoms with E-state index in [4.69, 9.17) is 10.4 Å². The van der Waals surface area contributed by atoms with Crippen molar-refractivity contribution < 1.29 is 10.2 Å². The molecule has 0 saturated heterocycles. The number of benzene rings is 1. The maximum absolute atomic E-state index is 9.51. The van der Waals surface area contributed by atoms with Crippen molar-refractivity contribution in [1.29, 1.82) is 5.26 Å². The summed E-state index contributed by atoms with van der Waals surface area (Å²) in [5.41, 5.74) is 0.681. The fourth-order valence-electron chi connectivity index (χ4n) is 1.44. The van der Waals surface area contributed by atoms with E-state index in [0.717, 1.165) is 10.1 Å². The highest BCUT2D eigenvalue weighted by Gasteiger charge is 2.12. The Morgan fingerprint density at radius 2 is 2.29 bits per heavy atom. The van der Waals surface area contributed by atoms with E-state index in [1.807, 2.05) is 17.5 Å². The fourth-order valence-corrected chi connectivity index (χ4v) is 2.36.